The van der Waals surface area contributed by atoms with Gasteiger partial charge in [-0.2, -0.15) is 0 Å². The zero-order valence-corrected chi connectivity index (χ0v) is 11.4. The molecule has 0 aromatic heterocycles. The van der Waals surface area contributed by atoms with Gasteiger partial charge in [0.05, 0.1) is 19.8 Å². The highest BCUT2D eigenvalue weighted by atomic mass is 16.8. The first-order valence-corrected chi connectivity index (χ1v) is 7.11. The van der Waals surface area contributed by atoms with Crippen molar-refractivity contribution in [2.45, 2.75) is 44.2 Å². The van der Waals surface area contributed by atoms with Gasteiger partial charge >= 0.3 is 0 Å². The highest BCUT2D eigenvalue weighted by molar-refractivity contribution is 5.26. The molecule has 5 heteroatoms. The molecule has 20 heavy (non-hydrogen) atoms. The number of benzene rings is 1. The van der Waals surface area contributed by atoms with Gasteiger partial charge in [0, 0.05) is 0 Å². The molecule has 0 saturated carbocycles. The normalized spacial score (nSPS) is 37.5. The molecule has 0 N–H and O–H groups in total. The molecule has 3 saturated heterocycles. The van der Waals surface area contributed by atoms with Crippen LogP contribution in [0.5, 0.6) is 5.75 Å². The lowest BCUT2D eigenvalue weighted by molar-refractivity contribution is -0.121. The summed E-state index contributed by atoms with van der Waals surface area (Å²) in [7, 11) is 0. The van der Waals surface area contributed by atoms with Crippen molar-refractivity contribution in [1.29, 1.82) is 0 Å². The molecule has 3 aliphatic heterocycles. The van der Waals surface area contributed by atoms with E-state index in [4.69, 9.17) is 23.7 Å². The fraction of sp³-hybridized carbons (Fsp3) is 0.600. The van der Waals surface area contributed by atoms with E-state index in [1.165, 1.54) is 0 Å². The second-order valence-electron chi connectivity index (χ2n) is 5.29. The van der Waals surface area contributed by atoms with Crippen molar-refractivity contribution in [2.75, 3.05) is 13.2 Å². The zero-order valence-electron chi connectivity index (χ0n) is 11.4. The van der Waals surface area contributed by atoms with Gasteiger partial charge in [0.25, 0.3) is 0 Å². The van der Waals surface area contributed by atoms with E-state index in [2.05, 4.69) is 0 Å². The molecule has 3 heterocycles. The molecule has 4 rings (SSSR count). The van der Waals surface area contributed by atoms with E-state index < -0.39 is 0 Å². The second kappa shape index (κ2) is 5.00. The van der Waals surface area contributed by atoms with Crippen LogP contribution in [0.2, 0.25) is 0 Å². The Labute approximate surface area is 117 Å². The van der Waals surface area contributed by atoms with Gasteiger partial charge in [-0.3, -0.25) is 0 Å². The van der Waals surface area contributed by atoms with Crippen LogP contribution in [0.4, 0.5) is 0 Å². The maximum Gasteiger partial charge on any atom is 0.187 e. The van der Waals surface area contributed by atoms with Gasteiger partial charge in [-0.25, -0.2) is 0 Å². The Morgan fingerprint density at radius 3 is 2.80 bits per heavy atom. The third-order valence-corrected chi connectivity index (χ3v) is 3.93. The molecule has 0 spiro atoms. The van der Waals surface area contributed by atoms with Crippen molar-refractivity contribution in [3.63, 3.8) is 0 Å². The number of epoxide rings is 1. The van der Waals surface area contributed by atoms with Crippen LogP contribution in [0.25, 0.3) is 0 Å². The minimum atomic E-state index is -0.171. The Balaban J connectivity index is 1.36. The maximum absolute atomic E-state index is 5.98. The van der Waals surface area contributed by atoms with Crippen LogP contribution in [0.3, 0.4) is 0 Å². The second-order valence-corrected chi connectivity index (χ2v) is 5.29. The summed E-state index contributed by atoms with van der Waals surface area (Å²) in [6.07, 6.45) is 0.0233. The van der Waals surface area contributed by atoms with Gasteiger partial charge in [-0.1, -0.05) is 12.1 Å². The lowest BCUT2D eigenvalue weighted by Gasteiger charge is -2.24. The minimum absolute atomic E-state index is 0.00597. The van der Waals surface area contributed by atoms with Crippen molar-refractivity contribution in [2.24, 2.45) is 0 Å². The fourth-order valence-electron chi connectivity index (χ4n) is 2.86. The number of ether oxygens (including phenoxy) is 5. The lowest BCUT2D eigenvalue weighted by atomic mass is 10.1. The highest BCUT2D eigenvalue weighted by Crippen LogP contribution is 2.43. The standard InChI is InChI=1S/C15H18O5/c1-2-16-10-5-3-9(4-6-10)7-17-12-11-8-18-15(19-11)14-13(12)20-14/h3-6,11-15H,2,7-8H2,1H3/t11-,12-,13+,14+,15-/m1/s1. The van der Waals surface area contributed by atoms with Crippen LogP contribution in [-0.4, -0.2) is 43.9 Å². The predicted molar refractivity (Wildman–Crippen MR) is 69.5 cm³/mol. The Kier molecular flexibility index (Phi) is 3.15. The summed E-state index contributed by atoms with van der Waals surface area (Å²) in [5, 5.41) is 0. The maximum atomic E-state index is 5.98. The van der Waals surface area contributed by atoms with Gasteiger partial charge in [-0.05, 0) is 24.6 Å². The van der Waals surface area contributed by atoms with Crippen molar-refractivity contribution in [3.8, 4) is 5.75 Å². The van der Waals surface area contributed by atoms with Crippen LogP contribution in [-0.2, 0) is 25.6 Å². The largest absolute Gasteiger partial charge is 0.494 e. The number of fused-ring (bicyclic) bond motifs is 4. The Hall–Kier alpha value is -1.14. The molecule has 1 aromatic carbocycles. The molecule has 2 bridgehead atoms. The number of rotatable bonds is 5. The Bertz CT molecular complexity index is 474. The van der Waals surface area contributed by atoms with E-state index in [1.54, 1.807) is 0 Å². The van der Waals surface area contributed by atoms with E-state index >= 15 is 0 Å². The summed E-state index contributed by atoms with van der Waals surface area (Å²) in [5.74, 6) is 0.884. The van der Waals surface area contributed by atoms with Gasteiger partial charge < -0.3 is 23.7 Å². The van der Waals surface area contributed by atoms with Crippen LogP contribution < -0.4 is 4.74 Å². The molecule has 3 fully saturated rings. The quantitative estimate of drug-likeness (QED) is 0.764. The topological polar surface area (TPSA) is 49.5 Å². The first-order chi connectivity index (χ1) is 9.85. The summed E-state index contributed by atoms with van der Waals surface area (Å²) in [4.78, 5) is 0. The van der Waals surface area contributed by atoms with Crippen LogP contribution in [0.15, 0.2) is 24.3 Å². The zero-order chi connectivity index (χ0) is 13.5. The van der Waals surface area contributed by atoms with E-state index in [0.29, 0.717) is 19.8 Å². The molecule has 1 aromatic rings. The number of hydrogen-bond acceptors (Lipinski definition) is 5. The third-order valence-electron chi connectivity index (χ3n) is 3.93. The molecule has 0 aliphatic carbocycles. The Morgan fingerprint density at radius 1 is 1.15 bits per heavy atom. The third kappa shape index (κ3) is 2.20. The molecule has 108 valence electrons. The minimum Gasteiger partial charge on any atom is -0.494 e. The molecule has 5 nitrogen and oxygen atoms in total. The van der Waals surface area contributed by atoms with Crippen molar-refractivity contribution in [3.05, 3.63) is 29.8 Å². The smallest absolute Gasteiger partial charge is 0.187 e. The first-order valence-electron chi connectivity index (χ1n) is 7.11. The van der Waals surface area contributed by atoms with Crippen molar-refractivity contribution >= 4 is 0 Å². The van der Waals surface area contributed by atoms with Crippen LogP contribution >= 0.6 is 0 Å². The van der Waals surface area contributed by atoms with Gasteiger partial charge in [0.1, 0.15) is 30.2 Å². The summed E-state index contributed by atoms with van der Waals surface area (Å²) >= 11 is 0. The van der Waals surface area contributed by atoms with Crippen LogP contribution in [0.1, 0.15) is 12.5 Å². The lowest BCUT2D eigenvalue weighted by Crippen LogP contribution is -2.41. The molecule has 3 aliphatic rings. The first kappa shape index (κ1) is 12.6. The molecule has 5 atom stereocenters. The highest BCUT2D eigenvalue weighted by Gasteiger charge is 2.62. The molecule has 0 radical (unpaired) electrons. The molecule has 0 unspecified atom stereocenters. The summed E-state index contributed by atoms with van der Waals surface area (Å²) in [5.41, 5.74) is 1.12. The van der Waals surface area contributed by atoms with Crippen molar-refractivity contribution in [1.82, 2.24) is 0 Å². The summed E-state index contributed by atoms with van der Waals surface area (Å²) < 4.78 is 28.2. The van der Waals surface area contributed by atoms with E-state index in [1.807, 2.05) is 31.2 Å². The Morgan fingerprint density at radius 2 is 2.00 bits per heavy atom. The SMILES string of the molecule is CCOc1ccc(CO[C@H]2[C@@H]3O[C@@H]3[C@@H]3OC[C@H]2O3)cc1. The number of hydrogen-bond donors (Lipinski definition) is 0. The predicted octanol–water partition coefficient (Wildman–Crippen LogP) is 1.49. The van der Waals surface area contributed by atoms with E-state index in [9.17, 15) is 0 Å². The van der Waals surface area contributed by atoms with E-state index in [-0.39, 0.29) is 30.7 Å². The van der Waals surface area contributed by atoms with Gasteiger partial charge in [-0.15, -0.1) is 0 Å². The van der Waals surface area contributed by atoms with E-state index in [0.717, 1.165) is 11.3 Å². The molecular weight excluding hydrogens is 260 g/mol. The van der Waals surface area contributed by atoms with Crippen molar-refractivity contribution < 1.29 is 23.7 Å². The van der Waals surface area contributed by atoms with Crippen LogP contribution in [0, 0.1) is 0 Å². The summed E-state index contributed by atoms with van der Waals surface area (Å²) in [6, 6.07) is 7.97. The summed E-state index contributed by atoms with van der Waals surface area (Å²) in [6.45, 7) is 3.81. The van der Waals surface area contributed by atoms with Gasteiger partial charge in [0.2, 0.25) is 0 Å². The fourth-order valence-corrected chi connectivity index (χ4v) is 2.86. The average molecular weight is 278 g/mol. The monoisotopic (exact) mass is 278 g/mol. The average Bonchev–Trinajstić information content (AvgIpc) is 3.15. The molecule has 0 amide bonds. The van der Waals surface area contributed by atoms with Gasteiger partial charge in [0.15, 0.2) is 6.29 Å². The molecular formula is C15H18O5.